The highest BCUT2D eigenvalue weighted by Gasteiger charge is 2.46. The average Bonchev–Trinajstić information content (AvgIpc) is 4.07. The molecule has 0 saturated heterocycles. The van der Waals surface area contributed by atoms with Gasteiger partial charge in [0.1, 0.15) is 23.8 Å². The van der Waals surface area contributed by atoms with Gasteiger partial charge in [-0.1, -0.05) is 115 Å². The zero-order valence-electron chi connectivity index (χ0n) is 43.1. The number of benzene rings is 6. The number of carbonyl (C=O) groups is 1. The Bertz CT molecular complexity index is 3460. The molecule has 0 saturated carbocycles. The molecule has 6 aromatic carbocycles. The Morgan fingerprint density at radius 1 is 0.781 bits per heavy atom. The van der Waals surface area contributed by atoms with Gasteiger partial charge in [0.2, 0.25) is 5.69 Å². The van der Waals surface area contributed by atoms with Gasteiger partial charge < -0.3 is 25.0 Å². The molecule has 7 nitrogen and oxygen atoms in total. The van der Waals surface area contributed by atoms with Gasteiger partial charge in [-0.2, -0.15) is 4.58 Å². The lowest BCUT2D eigenvalue weighted by Gasteiger charge is -2.27. The molecule has 0 atom stereocenters. The molecule has 3 aliphatic rings. The van der Waals surface area contributed by atoms with Crippen LogP contribution in [-0.4, -0.2) is 45.9 Å². The summed E-state index contributed by atoms with van der Waals surface area (Å²) in [4.78, 5) is 20.1. The van der Waals surface area contributed by atoms with Crippen molar-refractivity contribution in [1.82, 2.24) is 10.3 Å². The van der Waals surface area contributed by atoms with E-state index in [0.29, 0.717) is 24.3 Å². The number of halogens is 2. The number of aromatic amines is 1. The number of ether oxygens (including phenoxy) is 1. The SMILES string of the molecule is CCCCCN1/C(=C/C=C2\CCC(/C=C/C3=[N+](CCCCC)c4ccc5cc(Br)ccc5c4C3(C)C)=C2Oc2ccccc2C(=O)NCCc2c[nH]c3ccc(O)cc23)C(C)(C)c2c1ccc1cc(Br)ccc21. The first-order valence-corrected chi connectivity index (χ1v) is 27.9. The number of hydrogen-bond donors (Lipinski definition) is 3. The molecule has 7 aromatic rings. The van der Waals surface area contributed by atoms with Gasteiger partial charge in [-0.25, -0.2) is 0 Å². The Balaban J connectivity index is 1.05. The average molecular weight is 1100 g/mol. The fourth-order valence-corrected chi connectivity index (χ4v) is 12.6. The van der Waals surface area contributed by atoms with Gasteiger partial charge in [-0.15, -0.1) is 0 Å². The summed E-state index contributed by atoms with van der Waals surface area (Å²) in [5.74, 6) is 1.34. The molecule has 3 N–H and O–H groups in total. The second-order valence-corrected chi connectivity index (χ2v) is 22.9. The molecule has 73 heavy (non-hydrogen) atoms. The number of nitrogens with zero attached hydrogens (tertiary/aromatic N) is 2. The van der Waals surface area contributed by atoms with Crippen molar-refractivity contribution in [2.24, 2.45) is 0 Å². The number of aromatic nitrogens is 1. The van der Waals surface area contributed by atoms with E-state index in [0.717, 1.165) is 93.9 Å². The van der Waals surface area contributed by atoms with Crippen LogP contribution in [0.5, 0.6) is 11.5 Å². The lowest BCUT2D eigenvalue weighted by Crippen LogP contribution is -2.28. The minimum atomic E-state index is -0.267. The summed E-state index contributed by atoms with van der Waals surface area (Å²) in [6.45, 7) is 16.3. The number of H-pyrrole nitrogens is 1. The first-order chi connectivity index (χ1) is 35.3. The van der Waals surface area contributed by atoms with Crippen molar-refractivity contribution < 1.29 is 19.2 Å². The molecular weight excluding hydrogens is 1030 g/mol. The zero-order chi connectivity index (χ0) is 51.0. The molecule has 374 valence electrons. The molecule has 1 aliphatic carbocycles. The van der Waals surface area contributed by atoms with Crippen molar-refractivity contribution in [1.29, 1.82) is 0 Å². The molecule has 10 rings (SSSR count). The highest BCUT2D eigenvalue weighted by molar-refractivity contribution is 9.10. The number of hydrogen-bond acceptors (Lipinski definition) is 4. The van der Waals surface area contributed by atoms with E-state index in [4.69, 9.17) is 4.74 Å². The number of aromatic hydroxyl groups is 1. The third kappa shape index (κ3) is 9.76. The summed E-state index contributed by atoms with van der Waals surface area (Å²) in [5.41, 5.74) is 12.0. The summed E-state index contributed by atoms with van der Waals surface area (Å²) in [5, 5.41) is 19.4. The van der Waals surface area contributed by atoms with Gasteiger partial charge in [0, 0.05) is 80.1 Å². The fourth-order valence-electron chi connectivity index (χ4n) is 11.8. The van der Waals surface area contributed by atoms with E-state index in [1.165, 1.54) is 68.3 Å². The van der Waals surface area contributed by atoms with Gasteiger partial charge >= 0.3 is 0 Å². The number of para-hydroxylation sites is 1. The van der Waals surface area contributed by atoms with Crippen LogP contribution in [0.25, 0.3) is 32.4 Å². The molecule has 9 heteroatoms. The number of phenolic OH excluding ortho intramolecular Hbond substituents is 1. The molecule has 0 spiro atoms. The van der Waals surface area contributed by atoms with Crippen LogP contribution in [0.4, 0.5) is 11.4 Å². The standard InChI is InChI=1S/C64H66Br2N4O3/c1-7-9-13-35-69-54-29-19-43-37-46(65)23-26-49(43)59(54)63(3,4)57(69)31-21-41-17-18-42(22-32-58-64(5,6)60-50-27-24-47(66)38-44(50)20-30-55(60)70(58)36-14-10-8-2)61(41)73-56-16-12-11-15-51(56)62(72)67-34-33-45-40-68-53-28-25-48(71)39-52(45)53/h11-12,15-16,19-32,37-40,68H,7-10,13-14,17-18,33-36H2,1-6H3,(H-,67,71,72)/p+1. The smallest absolute Gasteiger partial charge is 0.255 e. The number of unbranched alkanes of at least 4 members (excludes halogenated alkanes) is 4. The predicted octanol–water partition coefficient (Wildman–Crippen LogP) is 16.7. The lowest BCUT2D eigenvalue weighted by atomic mass is 9.79. The van der Waals surface area contributed by atoms with E-state index in [1.807, 2.05) is 36.5 Å². The topological polar surface area (TPSA) is 80.6 Å². The van der Waals surface area contributed by atoms with Gasteiger partial charge in [0.05, 0.1) is 11.0 Å². The van der Waals surface area contributed by atoms with E-state index in [2.05, 4.69) is 178 Å². The van der Waals surface area contributed by atoms with Crippen LogP contribution in [0.2, 0.25) is 0 Å². The van der Waals surface area contributed by atoms with E-state index >= 15 is 0 Å². The molecule has 0 unspecified atom stereocenters. The summed E-state index contributed by atoms with van der Waals surface area (Å²) < 4.78 is 11.9. The first-order valence-electron chi connectivity index (χ1n) is 26.3. The largest absolute Gasteiger partial charge is 0.508 e. The summed E-state index contributed by atoms with van der Waals surface area (Å²) in [7, 11) is 0. The van der Waals surface area contributed by atoms with Crippen LogP contribution in [0, 0.1) is 0 Å². The normalized spacial score (nSPS) is 17.1. The monoisotopic (exact) mass is 1100 g/mol. The quantitative estimate of drug-likeness (QED) is 0.0627. The Kier molecular flexibility index (Phi) is 14.5. The van der Waals surface area contributed by atoms with Crippen LogP contribution < -0.4 is 15.0 Å². The molecule has 0 fully saturated rings. The predicted molar refractivity (Wildman–Crippen MR) is 310 cm³/mol. The Morgan fingerprint density at radius 2 is 1.51 bits per heavy atom. The van der Waals surface area contributed by atoms with Crippen LogP contribution in [0.1, 0.15) is 120 Å². The van der Waals surface area contributed by atoms with E-state index in [-0.39, 0.29) is 22.5 Å². The third-order valence-electron chi connectivity index (χ3n) is 15.5. The van der Waals surface area contributed by atoms with Crippen LogP contribution in [-0.2, 0) is 17.3 Å². The van der Waals surface area contributed by atoms with Crippen molar-refractivity contribution >= 4 is 87.3 Å². The number of amides is 1. The highest BCUT2D eigenvalue weighted by Crippen LogP contribution is 2.52. The number of phenols is 1. The molecule has 3 heterocycles. The molecule has 1 amide bonds. The summed E-state index contributed by atoms with van der Waals surface area (Å²) >= 11 is 7.45. The van der Waals surface area contributed by atoms with E-state index in [1.54, 1.807) is 12.1 Å². The van der Waals surface area contributed by atoms with Crippen LogP contribution in [0.15, 0.2) is 165 Å². The van der Waals surface area contributed by atoms with Crippen molar-refractivity contribution in [2.75, 3.05) is 24.5 Å². The minimum Gasteiger partial charge on any atom is -0.508 e. The number of fused-ring (bicyclic) bond motifs is 7. The molecule has 1 aromatic heterocycles. The Morgan fingerprint density at radius 3 is 2.27 bits per heavy atom. The van der Waals surface area contributed by atoms with Gasteiger partial charge in [0.15, 0.2) is 5.71 Å². The maximum absolute atomic E-state index is 14.2. The fraction of sp³-hybridized carbons (Fsp3) is 0.312. The maximum atomic E-state index is 14.2. The van der Waals surface area contributed by atoms with E-state index < -0.39 is 0 Å². The molecule has 2 aliphatic heterocycles. The van der Waals surface area contributed by atoms with Crippen LogP contribution in [0.3, 0.4) is 0 Å². The maximum Gasteiger partial charge on any atom is 0.255 e. The summed E-state index contributed by atoms with van der Waals surface area (Å²) in [6, 6.07) is 35.4. The second-order valence-electron chi connectivity index (χ2n) is 21.1. The second kappa shape index (κ2) is 21.0. The Hall–Kier alpha value is -6.16. The third-order valence-corrected chi connectivity index (χ3v) is 16.5. The lowest BCUT2D eigenvalue weighted by molar-refractivity contribution is -0.438. The molecule has 0 bridgehead atoms. The van der Waals surface area contributed by atoms with E-state index in [9.17, 15) is 9.90 Å². The molecular formula is C64H67Br2N4O3+. The van der Waals surface area contributed by atoms with Crippen molar-refractivity contribution in [3.05, 3.63) is 187 Å². The van der Waals surface area contributed by atoms with Crippen molar-refractivity contribution in [3.63, 3.8) is 0 Å². The van der Waals surface area contributed by atoms with Crippen molar-refractivity contribution in [3.8, 4) is 11.5 Å². The van der Waals surface area contributed by atoms with Crippen molar-refractivity contribution in [2.45, 2.75) is 110 Å². The van der Waals surface area contributed by atoms with Gasteiger partial charge in [0.25, 0.3) is 5.91 Å². The number of rotatable bonds is 17. The first kappa shape index (κ1) is 50.4. The minimum absolute atomic E-state index is 0.197. The van der Waals surface area contributed by atoms with Crippen LogP contribution >= 0.6 is 31.9 Å². The van der Waals surface area contributed by atoms with Gasteiger partial charge in [-0.05, 0) is 169 Å². The summed E-state index contributed by atoms with van der Waals surface area (Å²) in [6.07, 6.45) is 20.3. The number of allylic oxidation sites excluding steroid dienone is 7. The Labute approximate surface area is 447 Å². The number of anilines is 1. The highest BCUT2D eigenvalue weighted by atomic mass is 79.9. The number of carbonyl (C=O) groups excluding carboxylic acids is 1. The number of nitrogens with one attached hydrogen (secondary N) is 2. The van der Waals surface area contributed by atoms with Gasteiger partial charge in [-0.3, -0.25) is 4.79 Å². The molecule has 0 radical (unpaired) electrons. The zero-order valence-corrected chi connectivity index (χ0v) is 46.3.